The molecule has 532 valence electrons. The highest BCUT2D eigenvalue weighted by Gasteiger charge is 2.20. The van der Waals surface area contributed by atoms with Gasteiger partial charge >= 0.3 is 0 Å². The minimum atomic E-state index is -0.266. The van der Waals surface area contributed by atoms with Crippen LogP contribution < -0.4 is 23.7 Å². The summed E-state index contributed by atoms with van der Waals surface area (Å²) in [5.41, 5.74) is 4.64. The summed E-state index contributed by atoms with van der Waals surface area (Å²) in [7, 11) is 1.51. The summed E-state index contributed by atoms with van der Waals surface area (Å²) in [4.78, 5) is 73.3. The molecule has 7 N–H and O–H groups in total. The minimum absolute atomic E-state index is 0.0604. The van der Waals surface area contributed by atoms with Crippen LogP contribution in [-0.2, 0) is 0 Å². The van der Waals surface area contributed by atoms with Crippen molar-refractivity contribution < 1.29 is 88.2 Å². The first-order valence-corrected chi connectivity index (χ1v) is 33.2. The van der Waals surface area contributed by atoms with Crippen molar-refractivity contribution in [1.29, 1.82) is 0 Å². The Labute approximate surface area is 607 Å². The number of hydrogen-bond acceptors (Lipinski definition) is 18. The molecule has 0 amide bonds. The Hall–Kier alpha value is -13.7. The van der Waals surface area contributed by atoms with Crippen LogP contribution in [0.2, 0.25) is 0 Å². The summed E-state index contributed by atoms with van der Waals surface area (Å²) in [6.45, 7) is 5.58. The minimum Gasteiger partial charge on any atom is -0.508 e. The number of carbonyl (C=O) groups excluding carboxylic acids is 6. The van der Waals surface area contributed by atoms with Gasteiger partial charge in [0.2, 0.25) is 0 Å². The van der Waals surface area contributed by atoms with Gasteiger partial charge in [0, 0.05) is 69.8 Å². The van der Waals surface area contributed by atoms with Crippen molar-refractivity contribution in [3.63, 3.8) is 0 Å². The molecule has 0 bridgehead atoms. The molecule has 0 aliphatic heterocycles. The Morgan fingerprint density at radius 3 is 0.657 bits per heavy atom. The number of phenols is 7. The van der Waals surface area contributed by atoms with Crippen LogP contribution in [0, 0.1) is 0 Å². The quantitative estimate of drug-likeness (QED) is 0.0218. The fourth-order valence-electron chi connectivity index (χ4n) is 10.1. The molecule has 0 aliphatic rings. The first kappa shape index (κ1) is 77.0. The number of carbonyl (C=O) groups is 6. The second-order valence-corrected chi connectivity index (χ2v) is 22.7. The van der Waals surface area contributed by atoms with E-state index in [9.17, 15) is 59.4 Å². The average Bonchev–Trinajstić information content (AvgIpc) is 1.23. The highest BCUT2D eigenvalue weighted by atomic mass is 16.5. The third-order valence-electron chi connectivity index (χ3n) is 15.4. The van der Waals surface area contributed by atoms with E-state index in [0.29, 0.717) is 101 Å². The monoisotopic (exact) mass is 1410 g/mol. The van der Waals surface area contributed by atoms with Crippen molar-refractivity contribution >= 4 is 34.7 Å². The second-order valence-electron chi connectivity index (χ2n) is 22.7. The van der Waals surface area contributed by atoms with E-state index in [1.165, 1.54) is 49.6 Å². The Morgan fingerprint density at radius 2 is 0.448 bits per heavy atom. The highest BCUT2D eigenvalue weighted by Crippen LogP contribution is 2.32. The summed E-state index contributed by atoms with van der Waals surface area (Å²) in [5.74, 6) is 0.488. The smallest absolute Gasteiger partial charge is 0.196 e. The van der Waals surface area contributed by atoms with E-state index < -0.39 is 0 Å². The lowest BCUT2D eigenvalue weighted by Gasteiger charge is -2.10. The summed E-state index contributed by atoms with van der Waals surface area (Å²) >= 11 is 0. The molecule has 18 nitrogen and oxygen atoms in total. The van der Waals surface area contributed by atoms with Gasteiger partial charge in [0.15, 0.2) is 34.7 Å². The second kappa shape index (κ2) is 39.3. The van der Waals surface area contributed by atoms with Crippen molar-refractivity contribution in [2.45, 2.75) is 26.7 Å². The third-order valence-corrected chi connectivity index (χ3v) is 15.4. The summed E-state index contributed by atoms with van der Waals surface area (Å²) in [6.07, 6.45) is 1.39. The molecule has 12 rings (SSSR count). The van der Waals surface area contributed by atoms with Crippen LogP contribution in [0.25, 0.3) is 0 Å². The first-order chi connectivity index (χ1) is 50.9. The van der Waals surface area contributed by atoms with Gasteiger partial charge in [0.1, 0.15) is 69.0 Å². The number of unbranched alkanes of at least 4 members (excludes halogenated alkanes) is 1. The van der Waals surface area contributed by atoms with Gasteiger partial charge in [-0.1, -0.05) is 182 Å². The SMILES string of the molecule is CCOc1ccc(C(=O)c2ccccc2)c(O)c1.CCOc1ccc(C(=O)c2ccccc2)c(O)c1.COc1ccc(C(=O)c2ccccc2)c(O)c1.O=C(c1ccccc1)c1ccc(O)cc1O.O=C(c1ccccc1)c1ccc(OCCCCOc2ccc(C(=O)c3ccccc3)c(O)c2)cc1O. The zero-order valence-corrected chi connectivity index (χ0v) is 57.6. The molecule has 0 aromatic heterocycles. The van der Waals surface area contributed by atoms with Gasteiger partial charge in [-0.2, -0.15) is 0 Å². The lowest BCUT2D eigenvalue weighted by atomic mass is 10.0. The molecule has 0 aliphatic carbocycles. The number of ether oxygens (including phenoxy) is 5. The lowest BCUT2D eigenvalue weighted by molar-refractivity contribution is 0.102. The van der Waals surface area contributed by atoms with Crippen molar-refractivity contribution in [3.8, 4) is 69.0 Å². The van der Waals surface area contributed by atoms with Crippen molar-refractivity contribution in [1.82, 2.24) is 0 Å². The largest absolute Gasteiger partial charge is 0.508 e. The maximum Gasteiger partial charge on any atom is 0.196 e. The van der Waals surface area contributed by atoms with E-state index in [4.69, 9.17) is 28.8 Å². The topological polar surface area (TPSA) is 290 Å². The molecule has 0 spiro atoms. The summed E-state index contributed by atoms with van der Waals surface area (Å²) < 4.78 is 26.8. The van der Waals surface area contributed by atoms with Gasteiger partial charge in [-0.05, 0) is 99.5 Å². The molecule has 0 saturated carbocycles. The van der Waals surface area contributed by atoms with E-state index in [1.54, 1.807) is 206 Å². The Kier molecular flexibility index (Phi) is 28.8. The van der Waals surface area contributed by atoms with E-state index in [1.807, 2.05) is 50.2 Å². The normalized spacial score (nSPS) is 10.2. The highest BCUT2D eigenvalue weighted by molar-refractivity contribution is 6.14. The molecule has 0 atom stereocenters. The Bertz CT molecular complexity index is 4650. The molecule has 0 heterocycles. The molecule has 0 fully saturated rings. The first-order valence-electron chi connectivity index (χ1n) is 33.2. The van der Waals surface area contributed by atoms with E-state index in [-0.39, 0.29) is 108 Å². The van der Waals surface area contributed by atoms with Crippen LogP contribution in [0.3, 0.4) is 0 Å². The predicted octanol–water partition coefficient (Wildman–Crippen LogP) is 16.8. The zero-order chi connectivity index (χ0) is 75.0. The van der Waals surface area contributed by atoms with Gasteiger partial charge in [-0.25, -0.2) is 0 Å². The number of methoxy groups -OCH3 is 1. The van der Waals surface area contributed by atoms with Gasteiger partial charge < -0.3 is 59.4 Å². The number of phenolic OH excluding ortho intramolecular Hbond substituents is 7. The average molecular weight is 1410 g/mol. The van der Waals surface area contributed by atoms with Gasteiger partial charge in [0.25, 0.3) is 0 Å². The van der Waals surface area contributed by atoms with Crippen molar-refractivity contribution in [2.75, 3.05) is 33.5 Å². The Morgan fingerprint density at radius 1 is 0.248 bits per heavy atom. The van der Waals surface area contributed by atoms with E-state index >= 15 is 0 Å². The van der Waals surface area contributed by atoms with Gasteiger partial charge in [-0.15, -0.1) is 0 Å². The molecule has 0 unspecified atom stereocenters. The molecular formula is C87H76O18. The van der Waals surface area contributed by atoms with Crippen LogP contribution in [-0.4, -0.2) is 104 Å². The molecule has 12 aromatic carbocycles. The Balaban J connectivity index is 0.000000174. The van der Waals surface area contributed by atoms with Gasteiger partial charge in [0.05, 0.1) is 66.9 Å². The number of ketones is 6. The summed E-state index contributed by atoms with van der Waals surface area (Å²) in [5, 5.41) is 68.6. The lowest BCUT2D eigenvalue weighted by Crippen LogP contribution is -2.05. The molecule has 18 heteroatoms. The van der Waals surface area contributed by atoms with Crippen LogP contribution in [0.15, 0.2) is 291 Å². The van der Waals surface area contributed by atoms with Crippen LogP contribution >= 0.6 is 0 Å². The summed E-state index contributed by atoms with van der Waals surface area (Å²) in [6, 6.07) is 80.1. The molecule has 0 radical (unpaired) electrons. The number of hydrogen-bond donors (Lipinski definition) is 7. The fourth-order valence-corrected chi connectivity index (χ4v) is 10.1. The molecule has 12 aromatic rings. The van der Waals surface area contributed by atoms with Crippen LogP contribution in [0.1, 0.15) is 122 Å². The molecular weight excluding hydrogens is 1330 g/mol. The maximum atomic E-state index is 12.5. The number of aromatic hydroxyl groups is 7. The molecule has 105 heavy (non-hydrogen) atoms. The van der Waals surface area contributed by atoms with Crippen molar-refractivity contribution in [3.05, 3.63) is 358 Å². The van der Waals surface area contributed by atoms with Crippen molar-refractivity contribution in [2.24, 2.45) is 0 Å². The maximum absolute atomic E-state index is 12.5. The number of rotatable bonds is 24. The van der Waals surface area contributed by atoms with E-state index in [2.05, 4.69) is 0 Å². The van der Waals surface area contributed by atoms with Crippen LogP contribution in [0.4, 0.5) is 0 Å². The van der Waals surface area contributed by atoms with Gasteiger partial charge in [-0.3, -0.25) is 28.8 Å². The standard InChI is InChI=1S/C30H26O6.2C15H14O3.C14H12O3.C13H10O3/c31-27-19-23(13-15-25(27)29(33)21-9-3-1-4-10-21)35-17-7-8-18-36-24-14-16-26(28(32)20-24)30(34)22-11-5-2-6-12-22;2*1-2-18-12-8-9-13(14(16)10-12)15(17)11-6-4-3-5-7-11;1-17-11-7-8-12(13(15)9-11)14(16)10-5-3-2-4-6-10;14-10-6-7-11(12(15)8-10)13(16)9-4-2-1-3-5-9/h1-6,9-16,19-20,31-32H,7-8,17-18H2;2*3-10,16H,2H2,1H3;2-9,15H,1H3;1-8,14-15H. The predicted molar refractivity (Wildman–Crippen MR) is 399 cm³/mol. The third kappa shape index (κ3) is 22.4. The zero-order valence-electron chi connectivity index (χ0n) is 57.6. The van der Waals surface area contributed by atoms with E-state index in [0.717, 1.165) is 6.07 Å². The number of benzene rings is 12. The molecule has 0 saturated heterocycles. The fraction of sp³-hybridized carbons (Fsp3) is 0.103. The van der Waals surface area contributed by atoms with Crippen LogP contribution in [0.5, 0.6) is 69.0 Å².